The van der Waals surface area contributed by atoms with E-state index in [-0.39, 0.29) is 11.6 Å². The van der Waals surface area contributed by atoms with Gasteiger partial charge in [0.2, 0.25) is 5.88 Å². The minimum absolute atomic E-state index is 0.123. The Hall–Kier alpha value is -2.54. The van der Waals surface area contributed by atoms with Gasteiger partial charge in [0.05, 0.1) is 0 Å². The van der Waals surface area contributed by atoms with Gasteiger partial charge in [0, 0.05) is 11.8 Å². The number of phenolic OH excluding ortho intramolecular Hbond substituents is 1. The summed E-state index contributed by atoms with van der Waals surface area (Å²) < 4.78 is 5.63. The molecule has 0 aliphatic heterocycles. The molecule has 0 saturated heterocycles. The number of aromatic nitrogens is 1. The van der Waals surface area contributed by atoms with E-state index in [1.165, 1.54) is 6.07 Å². The molecule has 19 heavy (non-hydrogen) atoms. The summed E-state index contributed by atoms with van der Waals surface area (Å²) in [6, 6.07) is 8.83. The molecule has 1 heterocycles. The van der Waals surface area contributed by atoms with Crippen LogP contribution in [0.15, 0.2) is 24.3 Å². The molecule has 0 spiro atoms. The quantitative estimate of drug-likeness (QED) is 0.892. The predicted octanol–water partition coefficient (Wildman–Crippen LogP) is 3.38. The number of benzene rings is 1. The van der Waals surface area contributed by atoms with Crippen molar-refractivity contribution < 1.29 is 9.84 Å². The van der Waals surface area contributed by atoms with E-state index in [4.69, 9.17) is 10.00 Å². The van der Waals surface area contributed by atoms with Crippen LogP contribution in [0, 0.1) is 32.1 Å². The molecular weight excluding hydrogens is 240 g/mol. The summed E-state index contributed by atoms with van der Waals surface area (Å²) in [6.07, 6.45) is 0. The second kappa shape index (κ2) is 4.99. The van der Waals surface area contributed by atoms with Crippen molar-refractivity contribution in [2.45, 2.75) is 20.8 Å². The maximum atomic E-state index is 9.54. The Balaban J connectivity index is 2.46. The third kappa shape index (κ3) is 2.83. The topological polar surface area (TPSA) is 66.1 Å². The van der Waals surface area contributed by atoms with Gasteiger partial charge < -0.3 is 9.84 Å². The highest BCUT2D eigenvalue weighted by molar-refractivity contribution is 5.48. The molecule has 4 nitrogen and oxygen atoms in total. The Morgan fingerprint density at radius 1 is 1.16 bits per heavy atom. The van der Waals surface area contributed by atoms with Gasteiger partial charge in [0.25, 0.3) is 0 Å². The highest BCUT2D eigenvalue weighted by atomic mass is 16.5. The molecule has 0 saturated carbocycles. The third-order valence-corrected chi connectivity index (χ3v) is 2.67. The fourth-order valence-electron chi connectivity index (χ4n) is 1.91. The fraction of sp³-hybridized carbons (Fsp3) is 0.200. The second-order valence-corrected chi connectivity index (χ2v) is 4.48. The van der Waals surface area contributed by atoms with Crippen LogP contribution in [0.25, 0.3) is 0 Å². The van der Waals surface area contributed by atoms with E-state index in [0.717, 1.165) is 16.8 Å². The van der Waals surface area contributed by atoms with Gasteiger partial charge in [-0.15, -0.1) is 0 Å². The Morgan fingerprint density at radius 2 is 1.89 bits per heavy atom. The molecule has 1 aromatic heterocycles. The van der Waals surface area contributed by atoms with Crippen LogP contribution in [-0.2, 0) is 0 Å². The number of ether oxygens (including phenoxy) is 1. The van der Waals surface area contributed by atoms with Crippen LogP contribution in [0.1, 0.15) is 22.4 Å². The Kier molecular flexibility index (Phi) is 3.39. The fourth-order valence-corrected chi connectivity index (χ4v) is 1.91. The molecular formula is C15H14N2O2. The number of aromatic hydroxyl groups is 1. The Labute approximate surface area is 111 Å². The zero-order chi connectivity index (χ0) is 14.0. The summed E-state index contributed by atoms with van der Waals surface area (Å²) >= 11 is 0. The Bertz CT molecular complexity index is 652. The molecule has 0 amide bonds. The molecule has 0 aliphatic carbocycles. The van der Waals surface area contributed by atoms with Crippen molar-refractivity contribution in [2.24, 2.45) is 0 Å². The number of rotatable bonds is 2. The van der Waals surface area contributed by atoms with Gasteiger partial charge in [0.15, 0.2) is 0 Å². The van der Waals surface area contributed by atoms with E-state index in [1.54, 1.807) is 12.1 Å². The van der Waals surface area contributed by atoms with E-state index in [0.29, 0.717) is 11.3 Å². The number of nitriles is 1. The first-order chi connectivity index (χ1) is 8.99. The van der Waals surface area contributed by atoms with E-state index in [1.807, 2.05) is 26.8 Å². The molecule has 2 rings (SSSR count). The van der Waals surface area contributed by atoms with Gasteiger partial charge in [-0.05, 0) is 50.1 Å². The van der Waals surface area contributed by atoms with Gasteiger partial charge in [-0.3, -0.25) is 0 Å². The normalized spacial score (nSPS) is 10.0. The summed E-state index contributed by atoms with van der Waals surface area (Å²) in [5.41, 5.74) is 2.88. The van der Waals surface area contributed by atoms with E-state index < -0.39 is 0 Å². The smallest absolute Gasteiger partial charge is 0.237 e. The summed E-state index contributed by atoms with van der Waals surface area (Å²) in [5, 5.41) is 18.7. The number of phenols is 1. The lowest BCUT2D eigenvalue weighted by atomic mass is 10.1. The third-order valence-electron chi connectivity index (χ3n) is 2.67. The van der Waals surface area contributed by atoms with Crippen molar-refractivity contribution in [3.63, 3.8) is 0 Å². The predicted molar refractivity (Wildman–Crippen MR) is 71.3 cm³/mol. The van der Waals surface area contributed by atoms with Crippen molar-refractivity contribution in [1.82, 2.24) is 4.98 Å². The van der Waals surface area contributed by atoms with E-state index in [9.17, 15) is 5.11 Å². The molecule has 0 aliphatic rings. The van der Waals surface area contributed by atoms with Gasteiger partial charge >= 0.3 is 0 Å². The van der Waals surface area contributed by atoms with Gasteiger partial charge in [0.1, 0.15) is 23.1 Å². The summed E-state index contributed by atoms with van der Waals surface area (Å²) in [7, 11) is 0. The van der Waals surface area contributed by atoms with Crippen molar-refractivity contribution in [3.8, 4) is 23.4 Å². The molecule has 0 unspecified atom stereocenters. The van der Waals surface area contributed by atoms with Gasteiger partial charge in [-0.25, -0.2) is 4.98 Å². The van der Waals surface area contributed by atoms with Crippen LogP contribution < -0.4 is 4.74 Å². The average Bonchev–Trinajstić information content (AvgIpc) is 2.26. The van der Waals surface area contributed by atoms with Gasteiger partial charge in [-0.2, -0.15) is 5.26 Å². The Morgan fingerprint density at radius 3 is 2.53 bits per heavy atom. The average molecular weight is 254 g/mol. The minimum atomic E-state index is 0.123. The van der Waals surface area contributed by atoms with Crippen molar-refractivity contribution in [1.29, 1.82) is 5.26 Å². The molecule has 0 fully saturated rings. The summed E-state index contributed by atoms with van der Waals surface area (Å²) in [4.78, 5) is 4.23. The van der Waals surface area contributed by atoms with E-state index in [2.05, 4.69) is 11.1 Å². The largest absolute Gasteiger partial charge is 0.508 e. The summed E-state index contributed by atoms with van der Waals surface area (Å²) in [6.45, 7) is 5.54. The lowest BCUT2D eigenvalue weighted by Gasteiger charge is -2.10. The molecule has 1 N–H and O–H groups in total. The van der Waals surface area contributed by atoms with Crippen molar-refractivity contribution >= 4 is 0 Å². The van der Waals surface area contributed by atoms with Crippen LogP contribution in [0.4, 0.5) is 0 Å². The minimum Gasteiger partial charge on any atom is -0.508 e. The first-order valence-corrected chi connectivity index (χ1v) is 5.86. The van der Waals surface area contributed by atoms with Gasteiger partial charge in [-0.1, -0.05) is 0 Å². The number of nitrogens with zero attached hydrogens (tertiary/aromatic N) is 2. The van der Waals surface area contributed by atoms with Crippen LogP contribution in [0.2, 0.25) is 0 Å². The monoisotopic (exact) mass is 254 g/mol. The zero-order valence-corrected chi connectivity index (χ0v) is 11.1. The molecule has 96 valence electrons. The highest BCUT2D eigenvalue weighted by Crippen LogP contribution is 2.28. The maximum absolute atomic E-state index is 9.54. The molecule has 2 aromatic rings. The number of hydrogen-bond acceptors (Lipinski definition) is 4. The first kappa shape index (κ1) is 12.9. The first-order valence-electron chi connectivity index (χ1n) is 5.86. The molecule has 0 bridgehead atoms. The highest BCUT2D eigenvalue weighted by Gasteiger charge is 2.11. The SMILES string of the molecule is Cc1cc(O)cc(Oc2nc(C)cc(C)c2C#N)c1. The number of hydrogen-bond donors (Lipinski definition) is 1. The van der Waals surface area contributed by atoms with Crippen LogP contribution in [-0.4, -0.2) is 10.1 Å². The number of aryl methyl sites for hydroxylation is 3. The van der Waals surface area contributed by atoms with Crippen molar-refractivity contribution in [3.05, 3.63) is 46.6 Å². The standard InChI is InChI=1S/C15H14N2O2/c1-9-4-12(18)7-13(5-9)19-15-14(8-16)10(2)6-11(3)17-15/h4-7,18H,1-3H3. The lowest BCUT2D eigenvalue weighted by molar-refractivity contribution is 0.443. The van der Waals surface area contributed by atoms with Crippen LogP contribution in [0.5, 0.6) is 17.4 Å². The number of pyridine rings is 1. The lowest BCUT2D eigenvalue weighted by Crippen LogP contribution is -1.97. The van der Waals surface area contributed by atoms with Crippen LogP contribution >= 0.6 is 0 Å². The van der Waals surface area contributed by atoms with Crippen molar-refractivity contribution in [2.75, 3.05) is 0 Å². The van der Waals surface area contributed by atoms with E-state index >= 15 is 0 Å². The molecule has 4 heteroatoms. The molecule has 0 atom stereocenters. The van der Waals surface area contributed by atoms with Crippen LogP contribution in [0.3, 0.4) is 0 Å². The molecule has 1 aromatic carbocycles. The maximum Gasteiger partial charge on any atom is 0.237 e. The molecule has 0 radical (unpaired) electrons. The summed E-state index contributed by atoms with van der Waals surface area (Å²) in [5.74, 6) is 0.856. The zero-order valence-electron chi connectivity index (χ0n) is 11.1. The second-order valence-electron chi connectivity index (χ2n) is 4.48.